The zero-order valence-electron chi connectivity index (χ0n) is 14.2. The number of carbonyl (C=O) groups is 1. The second-order valence-corrected chi connectivity index (χ2v) is 5.57. The lowest BCUT2D eigenvalue weighted by atomic mass is 10.2. The van der Waals surface area contributed by atoms with Crippen molar-refractivity contribution in [2.24, 2.45) is 0 Å². The van der Waals surface area contributed by atoms with Crippen LogP contribution >= 0.6 is 0 Å². The number of ether oxygens (including phenoxy) is 1. The summed E-state index contributed by atoms with van der Waals surface area (Å²) < 4.78 is 18.8. The first-order valence-electron chi connectivity index (χ1n) is 8.04. The fourth-order valence-electron chi connectivity index (χ4n) is 2.36. The van der Waals surface area contributed by atoms with Crippen molar-refractivity contribution in [1.29, 1.82) is 0 Å². The zero-order chi connectivity index (χ0) is 18.4. The number of halogens is 1. The smallest absolute Gasteiger partial charge is 0.255 e. The molecule has 26 heavy (non-hydrogen) atoms. The molecule has 0 unspecified atom stereocenters. The second-order valence-electron chi connectivity index (χ2n) is 5.57. The number of rotatable bonds is 6. The van der Waals surface area contributed by atoms with Gasteiger partial charge in [-0.1, -0.05) is 24.3 Å². The maximum Gasteiger partial charge on any atom is 0.255 e. The largest absolute Gasteiger partial charge is 0.497 e. The van der Waals surface area contributed by atoms with Crippen LogP contribution < -0.4 is 15.4 Å². The molecular weight excluding hydrogens is 333 g/mol. The van der Waals surface area contributed by atoms with Crippen molar-refractivity contribution in [2.45, 2.75) is 6.54 Å². The Morgan fingerprint density at radius 2 is 1.88 bits per heavy atom. The van der Waals surface area contributed by atoms with E-state index in [-0.39, 0.29) is 5.69 Å². The number of benzene rings is 2. The van der Waals surface area contributed by atoms with Gasteiger partial charge in [0.1, 0.15) is 17.4 Å². The highest BCUT2D eigenvalue weighted by molar-refractivity contribution is 6.04. The molecule has 132 valence electrons. The Hall–Kier alpha value is -3.41. The number of carbonyl (C=O) groups excluding carboxylic acids is 1. The SMILES string of the molecule is COc1ccc(CNc2cc(C(=O)Nc3ccccc3F)ccn2)cc1. The van der Waals surface area contributed by atoms with Gasteiger partial charge in [0.05, 0.1) is 12.8 Å². The number of amides is 1. The Morgan fingerprint density at radius 1 is 1.12 bits per heavy atom. The molecule has 0 atom stereocenters. The van der Waals surface area contributed by atoms with E-state index in [1.807, 2.05) is 24.3 Å². The monoisotopic (exact) mass is 351 g/mol. The van der Waals surface area contributed by atoms with Gasteiger partial charge < -0.3 is 15.4 Å². The molecule has 3 aromatic rings. The third-order valence-electron chi connectivity index (χ3n) is 3.78. The average molecular weight is 351 g/mol. The van der Waals surface area contributed by atoms with Crippen molar-refractivity contribution in [3.05, 3.63) is 83.8 Å². The maximum atomic E-state index is 13.7. The summed E-state index contributed by atoms with van der Waals surface area (Å²) in [5, 5.41) is 5.72. The highest BCUT2D eigenvalue weighted by atomic mass is 19.1. The molecule has 0 spiro atoms. The van der Waals surface area contributed by atoms with Gasteiger partial charge >= 0.3 is 0 Å². The van der Waals surface area contributed by atoms with E-state index in [2.05, 4.69) is 15.6 Å². The number of nitrogens with one attached hydrogen (secondary N) is 2. The Labute approximate surface area is 150 Å². The molecule has 0 fully saturated rings. The quantitative estimate of drug-likeness (QED) is 0.702. The normalized spacial score (nSPS) is 10.2. The van der Waals surface area contributed by atoms with Crippen LogP contribution in [0.3, 0.4) is 0 Å². The van der Waals surface area contributed by atoms with E-state index in [0.717, 1.165) is 11.3 Å². The van der Waals surface area contributed by atoms with Gasteiger partial charge in [0.25, 0.3) is 5.91 Å². The molecule has 2 aromatic carbocycles. The Balaban J connectivity index is 1.65. The number of anilines is 2. The minimum absolute atomic E-state index is 0.141. The molecule has 5 nitrogen and oxygen atoms in total. The minimum atomic E-state index is -0.479. The number of nitrogens with zero attached hydrogens (tertiary/aromatic N) is 1. The molecule has 3 rings (SSSR count). The summed E-state index contributed by atoms with van der Waals surface area (Å²) in [5.41, 5.74) is 1.58. The Kier molecular flexibility index (Phi) is 5.43. The van der Waals surface area contributed by atoms with Gasteiger partial charge in [-0.15, -0.1) is 0 Å². The lowest BCUT2D eigenvalue weighted by molar-refractivity contribution is 0.102. The number of pyridine rings is 1. The maximum absolute atomic E-state index is 13.7. The van der Waals surface area contributed by atoms with E-state index in [1.54, 1.807) is 31.4 Å². The molecule has 0 saturated carbocycles. The Morgan fingerprint density at radius 3 is 2.62 bits per heavy atom. The van der Waals surface area contributed by atoms with Gasteiger partial charge in [-0.3, -0.25) is 4.79 Å². The number of hydrogen-bond acceptors (Lipinski definition) is 4. The standard InChI is InChI=1S/C20H18FN3O2/c1-26-16-8-6-14(7-9-16)13-23-19-12-15(10-11-22-19)20(25)24-18-5-3-2-4-17(18)21/h2-12H,13H2,1H3,(H,22,23)(H,24,25). The van der Waals surface area contributed by atoms with E-state index >= 15 is 0 Å². The molecule has 6 heteroatoms. The lowest BCUT2D eigenvalue weighted by Gasteiger charge is -2.09. The first-order valence-corrected chi connectivity index (χ1v) is 8.04. The molecule has 0 saturated heterocycles. The summed E-state index contributed by atoms with van der Waals surface area (Å²) in [6.45, 7) is 0.551. The first kappa shape index (κ1) is 17.4. The van der Waals surface area contributed by atoms with Gasteiger partial charge in [0.15, 0.2) is 0 Å². The van der Waals surface area contributed by atoms with Gasteiger partial charge in [-0.05, 0) is 42.0 Å². The molecule has 1 heterocycles. The van der Waals surface area contributed by atoms with Gasteiger partial charge in [-0.25, -0.2) is 9.37 Å². The van der Waals surface area contributed by atoms with E-state index in [9.17, 15) is 9.18 Å². The summed E-state index contributed by atoms with van der Waals surface area (Å²) in [4.78, 5) is 16.5. The number of hydrogen-bond donors (Lipinski definition) is 2. The van der Waals surface area contributed by atoms with E-state index < -0.39 is 11.7 Å². The summed E-state index contributed by atoms with van der Waals surface area (Å²) in [7, 11) is 1.62. The van der Waals surface area contributed by atoms with Gasteiger partial charge in [0, 0.05) is 18.3 Å². The van der Waals surface area contributed by atoms with Crippen LogP contribution in [0.1, 0.15) is 15.9 Å². The van der Waals surface area contributed by atoms with Crippen molar-refractivity contribution < 1.29 is 13.9 Å². The van der Waals surface area contributed by atoms with Crippen LogP contribution in [0.2, 0.25) is 0 Å². The van der Waals surface area contributed by atoms with Crippen molar-refractivity contribution >= 4 is 17.4 Å². The second kappa shape index (κ2) is 8.11. The summed E-state index contributed by atoms with van der Waals surface area (Å²) in [5.74, 6) is 0.471. The summed E-state index contributed by atoms with van der Waals surface area (Å²) >= 11 is 0. The fourth-order valence-corrected chi connectivity index (χ4v) is 2.36. The molecular formula is C20H18FN3O2. The summed E-state index contributed by atoms with van der Waals surface area (Å²) in [6, 6.07) is 16.9. The van der Waals surface area contributed by atoms with Crippen LogP contribution in [0.25, 0.3) is 0 Å². The van der Waals surface area contributed by atoms with Crippen LogP contribution in [0.4, 0.5) is 15.9 Å². The third-order valence-corrected chi connectivity index (χ3v) is 3.78. The number of aromatic nitrogens is 1. The van der Waals surface area contributed by atoms with Crippen molar-refractivity contribution in [2.75, 3.05) is 17.7 Å². The van der Waals surface area contributed by atoms with E-state index in [4.69, 9.17) is 4.74 Å². The molecule has 0 radical (unpaired) electrons. The average Bonchev–Trinajstić information content (AvgIpc) is 2.69. The molecule has 0 bridgehead atoms. The lowest BCUT2D eigenvalue weighted by Crippen LogP contribution is -2.13. The third kappa shape index (κ3) is 4.36. The fraction of sp³-hybridized carbons (Fsp3) is 0.100. The summed E-state index contributed by atoms with van der Waals surface area (Å²) in [6.07, 6.45) is 1.53. The molecule has 0 aliphatic heterocycles. The van der Waals surface area contributed by atoms with Crippen LogP contribution in [-0.2, 0) is 6.54 Å². The van der Waals surface area contributed by atoms with E-state index in [0.29, 0.717) is 17.9 Å². The van der Waals surface area contributed by atoms with Crippen molar-refractivity contribution in [3.63, 3.8) is 0 Å². The number of methoxy groups -OCH3 is 1. The van der Waals surface area contributed by atoms with Crippen molar-refractivity contribution in [3.8, 4) is 5.75 Å². The van der Waals surface area contributed by atoms with Crippen LogP contribution in [0.15, 0.2) is 66.9 Å². The predicted molar refractivity (Wildman–Crippen MR) is 98.9 cm³/mol. The molecule has 0 aliphatic carbocycles. The number of para-hydroxylation sites is 1. The highest BCUT2D eigenvalue weighted by Gasteiger charge is 2.10. The first-order chi connectivity index (χ1) is 12.7. The predicted octanol–water partition coefficient (Wildman–Crippen LogP) is 4.09. The van der Waals surface area contributed by atoms with Gasteiger partial charge in [0.2, 0.25) is 0 Å². The van der Waals surface area contributed by atoms with Gasteiger partial charge in [-0.2, -0.15) is 0 Å². The zero-order valence-corrected chi connectivity index (χ0v) is 14.2. The molecule has 2 N–H and O–H groups in total. The van der Waals surface area contributed by atoms with Crippen LogP contribution in [0, 0.1) is 5.82 Å². The van der Waals surface area contributed by atoms with E-state index in [1.165, 1.54) is 18.3 Å². The van der Waals surface area contributed by atoms with Crippen LogP contribution in [0.5, 0.6) is 5.75 Å². The minimum Gasteiger partial charge on any atom is -0.497 e. The molecule has 1 amide bonds. The highest BCUT2D eigenvalue weighted by Crippen LogP contribution is 2.16. The Bertz CT molecular complexity index is 898. The molecule has 1 aromatic heterocycles. The molecule has 0 aliphatic rings. The van der Waals surface area contributed by atoms with Crippen LogP contribution in [-0.4, -0.2) is 18.0 Å². The van der Waals surface area contributed by atoms with Crippen molar-refractivity contribution in [1.82, 2.24) is 4.98 Å². The topological polar surface area (TPSA) is 63.2 Å².